The Labute approximate surface area is 161 Å². The van der Waals surface area contributed by atoms with Crippen molar-refractivity contribution in [3.63, 3.8) is 0 Å². The summed E-state index contributed by atoms with van der Waals surface area (Å²) in [4.78, 5) is 12.8. The first-order valence-corrected chi connectivity index (χ1v) is 9.48. The molecule has 4 heteroatoms. The molecule has 1 aliphatic rings. The summed E-state index contributed by atoms with van der Waals surface area (Å²) in [6.45, 7) is 11.9. The van der Waals surface area contributed by atoms with E-state index >= 15 is 0 Å². The van der Waals surface area contributed by atoms with E-state index in [-0.39, 0.29) is 17.6 Å². The van der Waals surface area contributed by atoms with Crippen LogP contribution in [-0.4, -0.2) is 17.6 Å². The zero-order chi connectivity index (χ0) is 19.8. The Bertz CT molecular complexity index is 857. The van der Waals surface area contributed by atoms with Crippen LogP contribution in [0.4, 0.5) is 0 Å². The van der Waals surface area contributed by atoms with E-state index < -0.39 is 6.10 Å². The fourth-order valence-corrected chi connectivity index (χ4v) is 3.45. The summed E-state index contributed by atoms with van der Waals surface area (Å²) in [5, 5.41) is 3.16. The van der Waals surface area contributed by atoms with Crippen LogP contribution in [-0.2, 0) is 4.79 Å². The summed E-state index contributed by atoms with van der Waals surface area (Å²) in [7, 11) is 0. The molecule has 144 valence electrons. The Morgan fingerprint density at radius 2 is 1.81 bits per heavy atom. The largest absolute Gasteiger partial charge is 0.487 e. The average molecular weight is 367 g/mol. The van der Waals surface area contributed by atoms with Crippen LogP contribution in [0.25, 0.3) is 0 Å². The molecule has 27 heavy (non-hydrogen) atoms. The molecular weight excluding hydrogens is 338 g/mol. The lowest BCUT2D eigenvalue weighted by Crippen LogP contribution is -2.44. The number of hydrogen-bond donors (Lipinski definition) is 1. The third kappa shape index (κ3) is 4.44. The maximum Gasteiger partial charge on any atom is 0.261 e. The van der Waals surface area contributed by atoms with Crippen molar-refractivity contribution in [1.29, 1.82) is 0 Å². The second-order valence-corrected chi connectivity index (χ2v) is 8.20. The molecule has 1 aliphatic heterocycles. The number of aryl methyl sites for hydroxylation is 3. The zero-order valence-corrected chi connectivity index (χ0v) is 17.1. The summed E-state index contributed by atoms with van der Waals surface area (Å²) in [5.74, 6) is 1.48. The Morgan fingerprint density at radius 1 is 1.15 bits per heavy atom. The minimum atomic E-state index is -0.578. The van der Waals surface area contributed by atoms with E-state index in [4.69, 9.17) is 9.47 Å². The van der Waals surface area contributed by atoms with E-state index in [1.807, 2.05) is 65.0 Å². The highest BCUT2D eigenvalue weighted by molar-refractivity contribution is 5.81. The van der Waals surface area contributed by atoms with Gasteiger partial charge < -0.3 is 14.8 Å². The first-order valence-electron chi connectivity index (χ1n) is 9.48. The molecule has 0 spiro atoms. The van der Waals surface area contributed by atoms with Gasteiger partial charge in [-0.05, 0) is 70.4 Å². The molecule has 0 saturated carbocycles. The van der Waals surface area contributed by atoms with E-state index in [0.29, 0.717) is 6.42 Å². The van der Waals surface area contributed by atoms with Gasteiger partial charge in [0, 0.05) is 12.0 Å². The Hall–Kier alpha value is -2.49. The van der Waals surface area contributed by atoms with Crippen LogP contribution < -0.4 is 14.8 Å². The summed E-state index contributed by atoms with van der Waals surface area (Å²) in [6, 6.07) is 12.0. The van der Waals surface area contributed by atoms with E-state index in [9.17, 15) is 4.79 Å². The quantitative estimate of drug-likeness (QED) is 0.844. The molecule has 1 amide bonds. The number of rotatable bonds is 4. The summed E-state index contributed by atoms with van der Waals surface area (Å²) in [6.07, 6.45) is 0.135. The second kappa shape index (κ2) is 7.26. The van der Waals surface area contributed by atoms with E-state index in [0.717, 1.165) is 33.8 Å². The second-order valence-electron chi connectivity index (χ2n) is 8.20. The molecule has 0 aromatic heterocycles. The van der Waals surface area contributed by atoms with Gasteiger partial charge in [-0.2, -0.15) is 0 Å². The Morgan fingerprint density at radius 3 is 2.56 bits per heavy atom. The van der Waals surface area contributed by atoms with Gasteiger partial charge in [0.1, 0.15) is 17.1 Å². The monoisotopic (exact) mass is 367 g/mol. The zero-order valence-electron chi connectivity index (χ0n) is 17.1. The molecule has 0 saturated heterocycles. The number of fused-ring (bicyclic) bond motifs is 1. The highest BCUT2D eigenvalue weighted by Crippen LogP contribution is 2.40. The number of ether oxygens (including phenoxy) is 2. The van der Waals surface area contributed by atoms with Gasteiger partial charge in [0.25, 0.3) is 5.91 Å². The minimum Gasteiger partial charge on any atom is -0.487 e. The maximum absolute atomic E-state index is 12.8. The molecule has 2 atom stereocenters. The fourth-order valence-electron chi connectivity index (χ4n) is 3.45. The van der Waals surface area contributed by atoms with E-state index in [1.165, 1.54) is 0 Å². The van der Waals surface area contributed by atoms with Crippen LogP contribution in [0.3, 0.4) is 0 Å². The number of nitrogens with one attached hydrogen (secondary N) is 1. The molecule has 4 nitrogen and oxygen atoms in total. The number of carbonyl (C=O) groups is 1. The average Bonchev–Trinajstić information content (AvgIpc) is 2.56. The van der Waals surface area contributed by atoms with Crippen molar-refractivity contribution in [3.05, 3.63) is 58.7 Å². The standard InChI is InChI=1S/C23H29NO3/c1-14-7-9-16(3)20(11-14)26-17(4)22(25)24-19-13-23(5,6)27-21-12-15(2)8-10-18(19)21/h7-12,17,19H,13H2,1-6H3,(H,24,25)/t17-,19+/m0/s1. The van der Waals surface area contributed by atoms with Gasteiger partial charge in [-0.1, -0.05) is 24.3 Å². The fraction of sp³-hybridized carbons (Fsp3) is 0.435. The van der Waals surface area contributed by atoms with Gasteiger partial charge in [-0.15, -0.1) is 0 Å². The molecular formula is C23H29NO3. The van der Waals surface area contributed by atoms with Gasteiger partial charge in [0.05, 0.1) is 6.04 Å². The van der Waals surface area contributed by atoms with Gasteiger partial charge in [-0.25, -0.2) is 0 Å². The highest BCUT2D eigenvalue weighted by Gasteiger charge is 2.35. The minimum absolute atomic E-state index is 0.0958. The predicted octanol–water partition coefficient (Wildman–Crippen LogP) is 4.80. The number of hydrogen-bond acceptors (Lipinski definition) is 3. The van der Waals surface area contributed by atoms with Crippen LogP contribution in [0.1, 0.15) is 55.5 Å². The van der Waals surface area contributed by atoms with E-state index in [1.54, 1.807) is 6.92 Å². The molecule has 1 heterocycles. The van der Waals surface area contributed by atoms with Gasteiger partial charge >= 0.3 is 0 Å². The van der Waals surface area contributed by atoms with Crippen LogP contribution in [0.2, 0.25) is 0 Å². The summed E-state index contributed by atoms with van der Waals surface area (Å²) in [5.41, 5.74) is 3.96. The molecule has 2 aromatic carbocycles. The lowest BCUT2D eigenvalue weighted by Gasteiger charge is -2.38. The van der Waals surface area contributed by atoms with E-state index in [2.05, 4.69) is 11.4 Å². The molecule has 0 aliphatic carbocycles. The lowest BCUT2D eigenvalue weighted by molar-refractivity contribution is -0.128. The molecule has 3 rings (SSSR count). The maximum atomic E-state index is 12.8. The molecule has 0 radical (unpaired) electrons. The Balaban J connectivity index is 1.76. The van der Waals surface area contributed by atoms with Crippen molar-refractivity contribution in [3.8, 4) is 11.5 Å². The molecule has 1 N–H and O–H groups in total. The smallest absolute Gasteiger partial charge is 0.261 e. The molecule has 0 bridgehead atoms. The van der Waals surface area contributed by atoms with Crippen LogP contribution in [0, 0.1) is 20.8 Å². The number of carbonyl (C=O) groups excluding carboxylic acids is 1. The topological polar surface area (TPSA) is 47.6 Å². The summed E-state index contributed by atoms with van der Waals surface area (Å²) >= 11 is 0. The van der Waals surface area contributed by atoms with Crippen molar-refractivity contribution >= 4 is 5.91 Å². The number of amides is 1. The first kappa shape index (κ1) is 19.3. The molecule has 0 unspecified atom stereocenters. The highest BCUT2D eigenvalue weighted by atomic mass is 16.5. The predicted molar refractivity (Wildman–Crippen MR) is 107 cm³/mol. The van der Waals surface area contributed by atoms with Gasteiger partial charge in [0.15, 0.2) is 6.10 Å². The van der Waals surface area contributed by atoms with Crippen LogP contribution in [0.15, 0.2) is 36.4 Å². The van der Waals surface area contributed by atoms with Crippen molar-refractivity contribution in [2.24, 2.45) is 0 Å². The first-order chi connectivity index (χ1) is 12.6. The normalized spacial score (nSPS) is 18.8. The third-order valence-electron chi connectivity index (χ3n) is 4.96. The molecule has 0 fully saturated rings. The summed E-state index contributed by atoms with van der Waals surface area (Å²) < 4.78 is 12.1. The number of benzene rings is 2. The van der Waals surface area contributed by atoms with Crippen molar-refractivity contribution < 1.29 is 14.3 Å². The lowest BCUT2D eigenvalue weighted by atomic mass is 9.89. The van der Waals surface area contributed by atoms with Crippen molar-refractivity contribution in [2.45, 2.75) is 65.7 Å². The SMILES string of the molecule is Cc1ccc(C)c(O[C@@H](C)C(=O)N[C@@H]2CC(C)(C)Oc3cc(C)ccc32)c1. The molecule has 2 aromatic rings. The van der Waals surface area contributed by atoms with Gasteiger partial charge in [0.2, 0.25) is 0 Å². The van der Waals surface area contributed by atoms with Crippen molar-refractivity contribution in [2.75, 3.05) is 0 Å². The third-order valence-corrected chi connectivity index (χ3v) is 4.96. The van der Waals surface area contributed by atoms with Crippen molar-refractivity contribution in [1.82, 2.24) is 5.32 Å². The van der Waals surface area contributed by atoms with Crippen LogP contribution >= 0.6 is 0 Å². The Kier molecular flexibility index (Phi) is 5.18. The van der Waals surface area contributed by atoms with Gasteiger partial charge in [-0.3, -0.25) is 4.79 Å². The van der Waals surface area contributed by atoms with Crippen LogP contribution in [0.5, 0.6) is 11.5 Å².